The van der Waals surface area contributed by atoms with Crippen molar-refractivity contribution in [2.75, 3.05) is 0 Å². The summed E-state index contributed by atoms with van der Waals surface area (Å²) in [6.07, 6.45) is 4.89. The third-order valence-corrected chi connectivity index (χ3v) is 4.32. The van der Waals surface area contributed by atoms with E-state index in [1.54, 1.807) is 0 Å². The van der Waals surface area contributed by atoms with Crippen molar-refractivity contribution < 1.29 is 51.0 Å². The molecular weight excluding hydrogens is 436 g/mol. The van der Waals surface area contributed by atoms with Crippen LogP contribution in [-0.2, 0) is 44.9 Å². The van der Waals surface area contributed by atoms with Gasteiger partial charge in [-0.05, 0) is 23.4 Å². The zero-order valence-electron chi connectivity index (χ0n) is 14.6. The van der Waals surface area contributed by atoms with Gasteiger partial charge in [0.15, 0.2) is 0 Å². The number of aryl methyl sites for hydroxylation is 1. The van der Waals surface area contributed by atoms with Crippen molar-refractivity contribution in [1.82, 2.24) is 24.7 Å². The van der Waals surface area contributed by atoms with Crippen LogP contribution in [0.2, 0.25) is 0 Å². The van der Waals surface area contributed by atoms with Gasteiger partial charge in [0, 0.05) is 50.7 Å². The number of nitrogens with zero attached hydrogens (tertiary/aromatic N) is 5. The fourth-order valence-electron chi connectivity index (χ4n) is 2.81. The van der Waals surface area contributed by atoms with Crippen molar-refractivity contribution >= 4 is 0 Å². The minimum atomic E-state index is -1.99. The van der Waals surface area contributed by atoms with Gasteiger partial charge in [0.2, 0.25) is 0 Å². The first-order chi connectivity index (χ1) is 12.3. The molecule has 2 atom stereocenters. The molecule has 0 unspecified atom stereocenters. The SMILES string of the molecule is Cc1n[c-]nc([C@H](C)[C@](O)(Cn2cncn2)c2ccc(F)cc2F)c1F.[Y]. The topological polar surface area (TPSA) is 76.7 Å². The van der Waals surface area contributed by atoms with Crippen molar-refractivity contribution in [3.8, 4) is 0 Å². The first-order valence-corrected chi connectivity index (χ1v) is 7.73. The Balaban J connectivity index is 0.00000261. The zero-order chi connectivity index (χ0) is 18.9. The van der Waals surface area contributed by atoms with E-state index in [0.29, 0.717) is 6.07 Å². The van der Waals surface area contributed by atoms with Gasteiger partial charge in [-0.25, -0.2) is 22.8 Å². The van der Waals surface area contributed by atoms with Crippen molar-refractivity contribution in [3.63, 3.8) is 0 Å². The van der Waals surface area contributed by atoms with E-state index in [0.717, 1.165) is 12.1 Å². The number of halogens is 3. The largest absolute Gasteiger partial charge is 0.383 e. The molecule has 27 heavy (non-hydrogen) atoms. The van der Waals surface area contributed by atoms with E-state index in [-0.39, 0.29) is 56.2 Å². The van der Waals surface area contributed by atoms with E-state index >= 15 is 0 Å². The van der Waals surface area contributed by atoms with E-state index in [2.05, 4.69) is 26.4 Å². The van der Waals surface area contributed by atoms with Gasteiger partial charge in [0.05, 0.1) is 12.4 Å². The number of hydrogen-bond acceptors (Lipinski definition) is 5. The summed E-state index contributed by atoms with van der Waals surface area (Å²) in [6.45, 7) is 2.66. The van der Waals surface area contributed by atoms with Gasteiger partial charge in [0.25, 0.3) is 0 Å². The van der Waals surface area contributed by atoms with Crippen molar-refractivity contribution in [2.24, 2.45) is 0 Å². The monoisotopic (exact) mass is 451 g/mol. The molecule has 0 saturated heterocycles. The summed E-state index contributed by atoms with van der Waals surface area (Å²) in [6, 6.07) is 2.79. The van der Waals surface area contributed by atoms with Crippen LogP contribution in [0.3, 0.4) is 0 Å². The quantitative estimate of drug-likeness (QED) is 0.603. The van der Waals surface area contributed by atoms with E-state index in [9.17, 15) is 18.3 Å². The molecule has 0 amide bonds. The molecule has 3 rings (SSSR count). The number of aromatic nitrogens is 5. The molecule has 2 aromatic heterocycles. The van der Waals surface area contributed by atoms with Gasteiger partial charge in [-0.15, -0.1) is 0 Å². The van der Waals surface area contributed by atoms with Gasteiger partial charge >= 0.3 is 0 Å². The van der Waals surface area contributed by atoms with Crippen molar-refractivity contribution in [3.05, 3.63) is 71.6 Å². The Bertz CT molecular complexity index is 925. The van der Waals surface area contributed by atoms with Crippen LogP contribution >= 0.6 is 0 Å². The van der Waals surface area contributed by atoms with Crippen LogP contribution in [0.5, 0.6) is 0 Å². The molecule has 0 aliphatic rings. The number of benzene rings is 1. The Morgan fingerprint density at radius 1 is 1.26 bits per heavy atom. The molecule has 1 aromatic carbocycles. The van der Waals surface area contributed by atoms with Gasteiger partial charge in [-0.3, -0.25) is 0 Å². The number of rotatable bonds is 5. The van der Waals surface area contributed by atoms with E-state index in [1.165, 1.54) is 31.2 Å². The first kappa shape index (κ1) is 21.6. The molecule has 1 N–H and O–H groups in total. The standard InChI is InChI=1S/C17H15F3N5O.Y/c1-10(16-15(20)11(2)22-8-23-16)17(26,6-25-9-21-7-24-25)13-4-3-12(18)5-14(13)19;/h3-5,7,9-10,26H,6H2,1-2H3;/q-1;/t10-,17+;/m0./s1. The smallest absolute Gasteiger partial charge is 0.137 e. The summed E-state index contributed by atoms with van der Waals surface area (Å²) in [5, 5.41) is 15.3. The molecule has 1 radical (unpaired) electrons. The summed E-state index contributed by atoms with van der Waals surface area (Å²) < 4.78 is 43.5. The Morgan fingerprint density at radius 3 is 2.63 bits per heavy atom. The van der Waals surface area contributed by atoms with Gasteiger partial charge in [0.1, 0.15) is 29.9 Å². The summed E-state index contributed by atoms with van der Waals surface area (Å²) in [7, 11) is 0. The van der Waals surface area contributed by atoms with Crippen LogP contribution in [0, 0.1) is 30.7 Å². The molecule has 0 bridgehead atoms. The average molecular weight is 451 g/mol. The van der Waals surface area contributed by atoms with Gasteiger partial charge in [-0.2, -0.15) is 5.10 Å². The first-order valence-electron chi connectivity index (χ1n) is 7.73. The molecule has 0 aliphatic heterocycles. The van der Waals surface area contributed by atoms with Crippen LogP contribution < -0.4 is 0 Å². The van der Waals surface area contributed by atoms with Crippen molar-refractivity contribution in [2.45, 2.75) is 31.9 Å². The van der Waals surface area contributed by atoms with E-state index in [4.69, 9.17) is 0 Å². The second-order valence-corrected chi connectivity index (χ2v) is 5.97. The van der Waals surface area contributed by atoms with Crippen LogP contribution in [0.25, 0.3) is 0 Å². The third kappa shape index (κ3) is 4.25. The maximum atomic E-state index is 14.5. The fraction of sp³-hybridized carbons (Fsp3) is 0.294. The molecular formula is C17H15F3N5OY-. The fourth-order valence-corrected chi connectivity index (χ4v) is 2.81. The van der Waals surface area contributed by atoms with Gasteiger partial charge < -0.3 is 15.1 Å². The molecule has 10 heteroatoms. The summed E-state index contributed by atoms with van der Waals surface area (Å²) in [5.41, 5.74) is -2.29. The molecule has 0 spiro atoms. The number of aliphatic hydroxyl groups is 1. The van der Waals surface area contributed by atoms with Crippen LogP contribution in [0.1, 0.15) is 29.8 Å². The predicted octanol–water partition coefficient (Wildman–Crippen LogP) is 2.28. The molecule has 0 fully saturated rings. The minimum Gasteiger partial charge on any atom is -0.383 e. The second kappa shape index (κ2) is 8.54. The molecule has 0 aliphatic carbocycles. The Hall–Kier alpha value is -1.71. The van der Waals surface area contributed by atoms with Crippen molar-refractivity contribution in [1.29, 1.82) is 0 Å². The summed E-state index contributed by atoms with van der Waals surface area (Å²) in [4.78, 5) is 11.2. The molecule has 0 saturated carbocycles. The van der Waals surface area contributed by atoms with E-state index < -0.39 is 29.0 Å². The predicted molar refractivity (Wildman–Crippen MR) is 84.3 cm³/mol. The Labute approximate surface area is 178 Å². The maximum Gasteiger partial charge on any atom is 0.137 e. The molecule has 3 aromatic rings. The van der Waals surface area contributed by atoms with Crippen LogP contribution in [-0.4, -0.2) is 29.8 Å². The van der Waals surface area contributed by atoms with Crippen LogP contribution in [0.15, 0.2) is 30.9 Å². The Morgan fingerprint density at radius 2 is 2.00 bits per heavy atom. The summed E-state index contributed by atoms with van der Waals surface area (Å²) in [5.74, 6) is -3.51. The van der Waals surface area contributed by atoms with Gasteiger partial charge in [-0.1, -0.05) is 19.9 Å². The minimum absolute atomic E-state index is 0. The second-order valence-electron chi connectivity index (χ2n) is 5.97. The zero-order valence-corrected chi connectivity index (χ0v) is 17.4. The number of hydrogen-bond donors (Lipinski definition) is 1. The molecule has 6 nitrogen and oxygen atoms in total. The van der Waals surface area contributed by atoms with E-state index in [1.807, 2.05) is 0 Å². The summed E-state index contributed by atoms with van der Waals surface area (Å²) >= 11 is 0. The molecule has 139 valence electrons. The average Bonchev–Trinajstić information content (AvgIpc) is 3.09. The molecule has 2 heterocycles. The Kier molecular flexibility index (Phi) is 6.83. The third-order valence-electron chi connectivity index (χ3n) is 4.32. The maximum absolute atomic E-state index is 14.5. The van der Waals surface area contributed by atoms with Crippen LogP contribution in [0.4, 0.5) is 13.2 Å². The normalized spacial score (nSPS) is 14.3.